The second-order valence-corrected chi connectivity index (χ2v) is 2.88. The molecule has 0 aromatic heterocycles. The van der Waals surface area contributed by atoms with E-state index in [0.29, 0.717) is 11.4 Å². The summed E-state index contributed by atoms with van der Waals surface area (Å²) in [6.07, 6.45) is -0.546. The smallest absolute Gasteiger partial charge is 0.411 e. The van der Waals surface area contributed by atoms with Crippen molar-refractivity contribution >= 4 is 23.4 Å². The maximum absolute atomic E-state index is 10.9. The van der Waals surface area contributed by atoms with E-state index in [-0.39, 0.29) is 5.91 Å². The van der Waals surface area contributed by atoms with Gasteiger partial charge >= 0.3 is 6.09 Å². The molecule has 1 aromatic carbocycles. The van der Waals surface area contributed by atoms with Crippen molar-refractivity contribution in [3.05, 3.63) is 24.3 Å². The Hall–Kier alpha value is -2.04. The fourth-order valence-corrected chi connectivity index (χ4v) is 1.05. The standard InChI is InChI=1S/C10H12N2O3/c1-7(13)11-8-4-3-5-9(6-8)12-10(14)15-2/h3-6H,1-2H3,(H,11,13)(H,12,14). The largest absolute Gasteiger partial charge is 0.453 e. The quantitative estimate of drug-likeness (QED) is 0.779. The van der Waals surface area contributed by atoms with Gasteiger partial charge in [0.1, 0.15) is 0 Å². The third-order valence-electron chi connectivity index (χ3n) is 1.61. The van der Waals surface area contributed by atoms with Crippen LogP contribution in [-0.4, -0.2) is 19.1 Å². The molecule has 0 spiro atoms. The van der Waals surface area contributed by atoms with Crippen molar-refractivity contribution in [2.75, 3.05) is 17.7 Å². The second-order valence-electron chi connectivity index (χ2n) is 2.88. The summed E-state index contributed by atoms with van der Waals surface area (Å²) < 4.78 is 4.44. The molecule has 0 bridgehead atoms. The van der Waals surface area contributed by atoms with Crippen LogP contribution in [0.2, 0.25) is 0 Å². The first-order valence-electron chi connectivity index (χ1n) is 4.34. The highest BCUT2D eigenvalue weighted by atomic mass is 16.5. The molecule has 2 amide bonds. The number of ether oxygens (including phenoxy) is 1. The summed E-state index contributed by atoms with van der Waals surface area (Å²) in [4.78, 5) is 21.7. The molecule has 0 unspecified atom stereocenters. The molecule has 0 aliphatic heterocycles. The van der Waals surface area contributed by atoms with E-state index in [1.54, 1.807) is 24.3 Å². The van der Waals surface area contributed by atoms with Crippen LogP contribution in [0.25, 0.3) is 0 Å². The lowest BCUT2D eigenvalue weighted by atomic mass is 10.3. The second kappa shape index (κ2) is 4.99. The van der Waals surface area contributed by atoms with Gasteiger partial charge < -0.3 is 10.1 Å². The van der Waals surface area contributed by atoms with E-state index in [0.717, 1.165) is 0 Å². The maximum atomic E-state index is 10.9. The van der Waals surface area contributed by atoms with Crippen LogP contribution in [-0.2, 0) is 9.53 Å². The van der Waals surface area contributed by atoms with Gasteiger partial charge in [0.2, 0.25) is 5.91 Å². The van der Waals surface area contributed by atoms with E-state index in [1.165, 1.54) is 14.0 Å². The Morgan fingerprint density at radius 3 is 2.33 bits per heavy atom. The van der Waals surface area contributed by atoms with Gasteiger partial charge in [-0.2, -0.15) is 0 Å². The van der Waals surface area contributed by atoms with Crippen LogP contribution in [0.3, 0.4) is 0 Å². The molecule has 0 aliphatic carbocycles. The lowest BCUT2D eigenvalue weighted by Gasteiger charge is -2.06. The maximum Gasteiger partial charge on any atom is 0.411 e. The molecule has 0 aliphatic rings. The van der Waals surface area contributed by atoms with Gasteiger partial charge in [0.05, 0.1) is 7.11 Å². The highest BCUT2D eigenvalue weighted by molar-refractivity contribution is 5.90. The number of rotatable bonds is 2. The molecule has 15 heavy (non-hydrogen) atoms. The molecule has 2 N–H and O–H groups in total. The van der Waals surface area contributed by atoms with Gasteiger partial charge in [-0.1, -0.05) is 6.07 Å². The fraction of sp³-hybridized carbons (Fsp3) is 0.200. The average Bonchev–Trinajstić information content (AvgIpc) is 2.17. The number of amides is 2. The van der Waals surface area contributed by atoms with E-state index in [2.05, 4.69) is 15.4 Å². The van der Waals surface area contributed by atoms with E-state index in [9.17, 15) is 9.59 Å². The van der Waals surface area contributed by atoms with Gasteiger partial charge in [-0.25, -0.2) is 4.79 Å². The van der Waals surface area contributed by atoms with E-state index in [1.807, 2.05) is 0 Å². The number of hydrogen-bond acceptors (Lipinski definition) is 3. The lowest BCUT2D eigenvalue weighted by Crippen LogP contribution is -2.11. The summed E-state index contributed by atoms with van der Waals surface area (Å²) >= 11 is 0. The highest BCUT2D eigenvalue weighted by Gasteiger charge is 2.01. The monoisotopic (exact) mass is 208 g/mol. The highest BCUT2D eigenvalue weighted by Crippen LogP contribution is 2.14. The Morgan fingerprint density at radius 1 is 1.20 bits per heavy atom. The molecule has 0 fully saturated rings. The van der Waals surface area contributed by atoms with Crippen LogP contribution in [0.4, 0.5) is 16.2 Å². The third kappa shape index (κ3) is 3.68. The SMILES string of the molecule is COC(=O)Nc1cccc(NC(C)=O)c1. The fourth-order valence-electron chi connectivity index (χ4n) is 1.05. The number of carbonyl (C=O) groups excluding carboxylic acids is 2. The van der Waals surface area contributed by atoms with Gasteiger partial charge in [-0.05, 0) is 18.2 Å². The number of methoxy groups -OCH3 is 1. The van der Waals surface area contributed by atoms with Crippen LogP contribution in [0, 0.1) is 0 Å². The van der Waals surface area contributed by atoms with Gasteiger partial charge in [0.25, 0.3) is 0 Å². The molecule has 1 rings (SSSR count). The lowest BCUT2D eigenvalue weighted by molar-refractivity contribution is -0.114. The van der Waals surface area contributed by atoms with E-state index >= 15 is 0 Å². The third-order valence-corrected chi connectivity index (χ3v) is 1.61. The summed E-state index contributed by atoms with van der Waals surface area (Å²) in [5.74, 6) is -0.162. The van der Waals surface area contributed by atoms with Crippen LogP contribution in [0.15, 0.2) is 24.3 Å². The number of hydrogen-bond donors (Lipinski definition) is 2. The molecule has 80 valence electrons. The topological polar surface area (TPSA) is 67.4 Å². The Kier molecular flexibility index (Phi) is 3.68. The summed E-state index contributed by atoms with van der Waals surface area (Å²) in [6, 6.07) is 6.78. The normalized spacial score (nSPS) is 9.20. The zero-order chi connectivity index (χ0) is 11.3. The first kappa shape index (κ1) is 11.0. The Balaban J connectivity index is 2.74. The van der Waals surface area contributed by atoms with Gasteiger partial charge in [0, 0.05) is 18.3 Å². The minimum atomic E-state index is -0.546. The molecule has 0 heterocycles. The number of anilines is 2. The van der Waals surface area contributed by atoms with Crippen molar-refractivity contribution in [3.8, 4) is 0 Å². The first-order valence-corrected chi connectivity index (χ1v) is 4.34. The minimum absolute atomic E-state index is 0.162. The molecular weight excluding hydrogens is 196 g/mol. The molecule has 1 aromatic rings. The molecule has 0 saturated heterocycles. The summed E-state index contributed by atoms with van der Waals surface area (Å²) in [5.41, 5.74) is 1.18. The summed E-state index contributed by atoms with van der Waals surface area (Å²) in [7, 11) is 1.28. The molecule has 5 nitrogen and oxygen atoms in total. The summed E-state index contributed by atoms with van der Waals surface area (Å²) in [5, 5.41) is 5.10. The summed E-state index contributed by atoms with van der Waals surface area (Å²) in [6.45, 7) is 1.42. The minimum Gasteiger partial charge on any atom is -0.453 e. The predicted octanol–water partition coefficient (Wildman–Crippen LogP) is 1.82. The number of carbonyl (C=O) groups is 2. The first-order chi connectivity index (χ1) is 7.11. The molecule has 0 saturated carbocycles. The van der Waals surface area contributed by atoms with Gasteiger partial charge in [-0.15, -0.1) is 0 Å². The Bertz CT molecular complexity index is 377. The number of nitrogens with one attached hydrogen (secondary N) is 2. The van der Waals surface area contributed by atoms with Crippen LogP contribution in [0.5, 0.6) is 0 Å². The van der Waals surface area contributed by atoms with Crippen molar-refractivity contribution in [2.45, 2.75) is 6.92 Å². The van der Waals surface area contributed by atoms with Gasteiger partial charge in [0.15, 0.2) is 0 Å². The van der Waals surface area contributed by atoms with Gasteiger partial charge in [-0.3, -0.25) is 10.1 Å². The van der Waals surface area contributed by atoms with Crippen molar-refractivity contribution in [3.63, 3.8) is 0 Å². The number of benzene rings is 1. The Morgan fingerprint density at radius 2 is 1.80 bits per heavy atom. The van der Waals surface area contributed by atoms with E-state index < -0.39 is 6.09 Å². The van der Waals surface area contributed by atoms with E-state index in [4.69, 9.17) is 0 Å². The van der Waals surface area contributed by atoms with Crippen LogP contribution < -0.4 is 10.6 Å². The Labute approximate surface area is 87.4 Å². The zero-order valence-corrected chi connectivity index (χ0v) is 8.53. The zero-order valence-electron chi connectivity index (χ0n) is 8.53. The van der Waals surface area contributed by atoms with Crippen molar-refractivity contribution in [1.82, 2.24) is 0 Å². The molecular formula is C10H12N2O3. The van der Waals surface area contributed by atoms with Crippen LogP contribution >= 0.6 is 0 Å². The average molecular weight is 208 g/mol. The molecule has 0 atom stereocenters. The van der Waals surface area contributed by atoms with Crippen molar-refractivity contribution < 1.29 is 14.3 Å². The van der Waals surface area contributed by atoms with Crippen molar-refractivity contribution in [1.29, 1.82) is 0 Å². The van der Waals surface area contributed by atoms with Crippen molar-refractivity contribution in [2.24, 2.45) is 0 Å². The molecule has 5 heteroatoms. The predicted molar refractivity (Wildman–Crippen MR) is 56.8 cm³/mol. The van der Waals surface area contributed by atoms with Crippen LogP contribution in [0.1, 0.15) is 6.92 Å². The molecule has 0 radical (unpaired) electrons.